The highest BCUT2D eigenvalue weighted by atomic mass is 19.4. The van der Waals surface area contributed by atoms with Crippen molar-refractivity contribution in [3.05, 3.63) is 59.7 Å². The van der Waals surface area contributed by atoms with E-state index in [1.165, 1.54) is 17.7 Å². The molecule has 0 fully saturated rings. The van der Waals surface area contributed by atoms with Gasteiger partial charge in [0.05, 0.1) is 5.56 Å². The Bertz CT molecular complexity index is 711. The lowest BCUT2D eigenvalue weighted by Crippen LogP contribution is -2.20. The van der Waals surface area contributed by atoms with E-state index >= 15 is 0 Å². The van der Waals surface area contributed by atoms with Gasteiger partial charge in [-0.3, -0.25) is 4.79 Å². The number of hydrogen-bond acceptors (Lipinski definition) is 2. The van der Waals surface area contributed by atoms with Crippen LogP contribution in [0.3, 0.4) is 0 Å². The molecule has 1 amide bonds. The zero-order valence-corrected chi connectivity index (χ0v) is 14.1. The maximum absolute atomic E-state index is 12.7. The SMILES string of the molecule is CCC(C)c1ccc(OCC(=O)Nc2cccc(C(F)(F)F)c2)cc1. The first-order chi connectivity index (χ1) is 11.8. The lowest BCUT2D eigenvalue weighted by atomic mass is 9.99. The number of amides is 1. The summed E-state index contributed by atoms with van der Waals surface area (Å²) in [5.74, 6) is 0.454. The van der Waals surface area contributed by atoms with Gasteiger partial charge in [0.1, 0.15) is 5.75 Å². The van der Waals surface area contributed by atoms with Crippen LogP contribution >= 0.6 is 0 Å². The second-order valence-corrected chi connectivity index (χ2v) is 5.79. The van der Waals surface area contributed by atoms with Crippen molar-refractivity contribution in [3.8, 4) is 5.75 Å². The van der Waals surface area contributed by atoms with Gasteiger partial charge in [0.2, 0.25) is 0 Å². The molecular weight excluding hydrogens is 331 g/mol. The number of nitrogens with one attached hydrogen (secondary N) is 1. The van der Waals surface area contributed by atoms with E-state index in [1.807, 2.05) is 12.1 Å². The quantitative estimate of drug-likeness (QED) is 0.773. The molecule has 0 aliphatic rings. The molecule has 1 atom stereocenters. The molecular formula is C19H20F3NO2. The number of carbonyl (C=O) groups excluding carboxylic acids is 1. The summed E-state index contributed by atoms with van der Waals surface area (Å²) in [4.78, 5) is 11.9. The molecule has 25 heavy (non-hydrogen) atoms. The molecule has 134 valence electrons. The Morgan fingerprint density at radius 3 is 2.44 bits per heavy atom. The topological polar surface area (TPSA) is 38.3 Å². The molecule has 1 unspecified atom stereocenters. The van der Waals surface area contributed by atoms with Gasteiger partial charge in [-0.05, 0) is 48.2 Å². The molecule has 2 aromatic rings. The molecule has 0 aromatic heterocycles. The van der Waals surface area contributed by atoms with Gasteiger partial charge in [0, 0.05) is 5.69 Å². The van der Waals surface area contributed by atoms with Crippen LogP contribution in [0.2, 0.25) is 0 Å². The summed E-state index contributed by atoms with van der Waals surface area (Å²) in [6.07, 6.45) is -3.42. The van der Waals surface area contributed by atoms with Crippen molar-refractivity contribution < 1.29 is 22.7 Å². The summed E-state index contributed by atoms with van der Waals surface area (Å²) in [7, 11) is 0. The first kappa shape index (κ1) is 18.8. The van der Waals surface area contributed by atoms with E-state index in [-0.39, 0.29) is 12.3 Å². The minimum Gasteiger partial charge on any atom is -0.484 e. The number of hydrogen-bond donors (Lipinski definition) is 1. The number of ether oxygens (including phenoxy) is 1. The van der Waals surface area contributed by atoms with E-state index < -0.39 is 17.6 Å². The van der Waals surface area contributed by atoms with Crippen LogP contribution in [0, 0.1) is 0 Å². The van der Waals surface area contributed by atoms with Gasteiger partial charge in [-0.25, -0.2) is 0 Å². The summed E-state index contributed by atoms with van der Waals surface area (Å²) in [5, 5.41) is 2.40. The molecule has 2 rings (SSSR count). The van der Waals surface area contributed by atoms with Gasteiger partial charge in [0.15, 0.2) is 6.61 Å². The van der Waals surface area contributed by atoms with E-state index in [4.69, 9.17) is 4.74 Å². The summed E-state index contributed by atoms with van der Waals surface area (Å²) in [6.45, 7) is 3.95. The Morgan fingerprint density at radius 2 is 1.84 bits per heavy atom. The molecule has 0 radical (unpaired) electrons. The summed E-state index contributed by atoms with van der Waals surface area (Å²) in [5.41, 5.74) is 0.450. The fourth-order valence-corrected chi connectivity index (χ4v) is 2.25. The second kappa shape index (κ2) is 8.05. The van der Waals surface area contributed by atoms with Crippen LogP contribution in [-0.4, -0.2) is 12.5 Å². The number of halogens is 3. The van der Waals surface area contributed by atoms with Crippen molar-refractivity contribution >= 4 is 11.6 Å². The van der Waals surface area contributed by atoms with Crippen LogP contribution in [0.4, 0.5) is 18.9 Å². The predicted octanol–water partition coefficient (Wildman–Crippen LogP) is 5.24. The van der Waals surface area contributed by atoms with Gasteiger partial charge in [0.25, 0.3) is 5.91 Å². The highest BCUT2D eigenvalue weighted by Crippen LogP contribution is 2.30. The van der Waals surface area contributed by atoms with E-state index in [0.717, 1.165) is 18.6 Å². The third-order valence-electron chi connectivity index (χ3n) is 3.91. The Labute approximate surface area is 144 Å². The van der Waals surface area contributed by atoms with E-state index in [9.17, 15) is 18.0 Å². The molecule has 0 heterocycles. The van der Waals surface area contributed by atoms with Gasteiger partial charge in [-0.2, -0.15) is 13.2 Å². The highest BCUT2D eigenvalue weighted by Gasteiger charge is 2.30. The smallest absolute Gasteiger partial charge is 0.416 e. The normalized spacial score (nSPS) is 12.5. The highest BCUT2D eigenvalue weighted by molar-refractivity contribution is 5.91. The molecule has 2 aromatic carbocycles. The number of anilines is 1. The van der Waals surface area contributed by atoms with Crippen molar-refractivity contribution in [2.24, 2.45) is 0 Å². The average molecular weight is 351 g/mol. The minimum absolute atomic E-state index is 0.0792. The first-order valence-corrected chi connectivity index (χ1v) is 7.99. The van der Waals surface area contributed by atoms with Crippen molar-refractivity contribution in [3.63, 3.8) is 0 Å². The van der Waals surface area contributed by atoms with Crippen molar-refractivity contribution in [2.75, 3.05) is 11.9 Å². The number of benzene rings is 2. The summed E-state index contributed by atoms with van der Waals surface area (Å²) < 4.78 is 43.3. The molecule has 0 saturated heterocycles. The van der Waals surface area contributed by atoms with Crippen LogP contribution in [0.1, 0.15) is 37.3 Å². The third kappa shape index (κ3) is 5.52. The van der Waals surface area contributed by atoms with Crippen LogP contribution in [-0.2, 0) is 11.0 Å². The molecule has 0 aliphatic carbocycles. The summed E-state index contributed by atoms with van der Waals surface area (Å²) >= 11 is 0. The molecule has 1 N–H and O–H groups in total. The van der Waals surface area contributed by atoms with Crippen LogP contribution in [0.25, 0.3) is 0 Å². The molecule has 0 saturated carbocycles. The molecule has 6 heteroatoms. The first-order valence-electron chi connectivity index (χ1n) is 7.99. The largest absolute Gasteiger partial charge is 0.484 e. The van der Waals surface area contributed by atoms with E-state index in [0.29, 0.717) is 11.7 Å². The number of alkyl halides is 3. The molecule has 0 bridgehead atoms. The fourth-order valence-electron chi connectivity index (χ4n) is 2.25. The Hall–Kier alpha value is -2.50. The monoisotopic (exact) mass is 351 g/mol. The average Bonchev–Trinajstić information content (AvgIpc) is 2.59. The van der Waals surface area contributed by atoms with E-state index in [2.05, 4.69) is 19.2 Å². The van der Waals surface area contributed by atoms with Gasteiger partial charge in [-0.1, -0.05) is 32.0 Å². The Kier molecular flexibility index (Phi) is 6.07. The van der Waals surface area contributed by atoms with Crippen LogP contribution < -0.4 is 10.1 Å². The van der Waals surface area contributed by atoms with Gasteiger partial charge >= 0.3 is 6.18 Å². The van der Waals surface area contributed by atoms with Crippen molar-refractivity contribution in [1.82, 2.24) is 0 Å². The lowest BCUT2D eigenvalue weighted by molar-refractivity contribution is -0.137. The van der Waals surface area contributed by atoms with Crippen LogP contribution in [0.15, 0.2) is 48.5 Å². The summed E-state index contributed by atoms with van der Waals surface area (Å²) in [6, 6.07) is 11.9. The zero-order valence-electron chi connectivity index (χ0n) is 14.1. The van der Waals surface area contributed by atoms with Gasteiger partial charge < -0.3 is 10.1 Å². The second-order valence-electron chi connectivity index (χ2n) is 5.79. The standard InChI is InChI=1S/C19H20F3NO2/c1-3-13(2)14-7-9-17(10-8-14)25-12-18(24)23-16-6-4-5-15(11-16)19(20,21)22/h4-11,13H,3,12H2,1-2H3,(H,23,24). The van der Waals surface area contributed by atoms with Crippen molar-refractivity contribution in [2.45, 2.75) is 32.4 Å². The maximum atomic E-state index is 12.7. The lowest BCUT2D eigenvalue weighted by Gasteiger charge is -2.12. The molecule has 0 spiro atoms. The Balaban J connectivity index is 1.91. The number of rotatable bonds is 6. The maximum Gasteiger partial charge on any atom is 0.416 e. The third-order valence-corrected chi connectivity index (χ3v) is 3.91. The minimum atomic E-state index is -4.45. The number of carbonyl (C=O) groups is 1. The molecule has 0 aliphatic heterocycles. The van der Waals surface area contributed by atoms with Gasteiger partial charge in [-0.15, -0.1) is 0 Å². The van der Waals surface area contributed by atoms with E-state index in [1.54, 1.807) is 12.1 Å². The molecule has 3 nitrogen and oxygen atoms in total. The fraction of sp³-hybridized carbons (Fsp3) is 0.316. The predicted molar refractivity (Wildman–Crippen MR) is 90.7 cm³/mol. The Morgan fingerprint density at radius 1 is 1.16 bits per heavy atom. The zero-order chi connectivity index (χ0) is 18.4. The van der Waals surface area contributed by atoms with Crippen LogP contribution in [0.5, 0.6) is 5.75 Å². The van der Waals surface area contributed by atoms with Crippen molar-refractivity contribution in [1.29, 1.82) is 0 Å².